The Morgan fingerprint density at radius 3 is 2.42 bits per heavy atom. The molecule has 1 aromatic carbocycles. The van der Waals surface area contributed by atoms with Crippen LogP contribution >= 0.6 is 27.5 Å². The molecule has 0 aromatic heterocycles. The highest BCUT2D eigenvalue weighted by Gasteiger charge is 2.28. The smallest absolute Gasteiger partial charge is 0.0462 e. The molecule has 1 nitrogen and oxygen atoms in total. The quantitative estimate of drug-likeness (QED) is 0.698. The predicted molar refractivity (Wildman–Crippen MR) is 86.6 cm³/mol. The molecule has 1 aliphatic heterocycles. The molecule has 1 heterocycles. The van der Waals surface area contributed by atoms with E-state index in [1.807, 2.05) is 6.07 Å². The van der Waals surface area contributed by atoms with Crippen molar-refractivity contribution in [1.29, 1.82) is 0 Å². The fraction of sp³-hybridized carbons (Fsp3) is 0.625. The summed E-state index contributed by atoms with van der Waals surface area (Å²) in [6, 6.07) is 6.18. The van der Waals surface area contributed by atoms with Crippen LogP contribution in [-0.4, -0.2) is 18.0 Å². The third kappa shape index (κ3) is 4.21. The maximum Gasteiger partial charge on any atom is 0.0462 e. The van der Waals surface area contributed by atoms with Crippen molar-refractivity contribution in [1.82, 2.24) is 4.90 Å². The lowest BCUT2D eigenvalue weighted by Gasteiger charge is -2.38. The van der Waals surface area contributed by atoms with Crippen LogP contribution in [0.2, 0.25) is 5.02 Å². The van der Waals surface area contributed by atoms with Crippen LogP contribution in [0.25, 0.3) is 0 Å². The Morgan fingerprint density at radius 1 is 1.26 bits per heavy atom. The minimum Gasteiger partial charge on any atom is -0.299 e. The molecule has 1 aromatic rings. The lowest BCUT2D eigenvalue weighted by molar-refractivity contribution is 0.108. The molecule has 0 amide bonds. The first-order valence-electron chi connectivity index (χ1n) is 7.02. The highest BCUT2D eigenvalue weighted by Crippen LogP contribution is 2.35. The van der Waals surface area contributed by atoms with Gasteiger partial charge < -0.3 is 0 Å². The number of hydrogen-bond acceptors (Lipinski definition) is 1. The predicted octanol–water partition coefficient (Wildman–Crippen LogP) is 5.36. The second-order valence-electron chi connectivity index (χ2n) is 6.65. The molecule has 0 bridgehead atoms. The number of nitrogens with zero attached hydrogens (tertiary/aromatic N) is 1. The summed E-state index contributed by atoms with van der Waals surface area (Å²) >= 11 is 9.75. The van der Waals surface area contributed by atoms with Gasteiger partial charge in [-0.15, -0.1) is 0 Å². The van der Waals surface area contributed by atoms with Crippen LogP contribution in [0.5, 0.6) is 0 Å². The second kappa shape index (κ2) is 6.15. The molecule has 0 unspecified atom stereocenters. The lowest BCUT2D eigenvalue weighted by atomic mass is 9.75. The number of piperidine rings is 1. The lowest BCUT2D eigenvalue weighted by Crippen LogP contribution is -2.37. The van der Waals surface area contributed by atoms with Gasteiger partial charge in [0.05, 0.1) is 0 Å². The third-order valence-corrected chi connectivity index (χ3v) is 5.07. The third-order valence-electron chi connectivity index (χ3n) is 4.22. The minimum absolute atomic E-state index is 0.446. The van der Waals surface area contributed by atoms with Crippen LogP contribution in [-0.2, 0) is 6.54 Å². The van der Waals surface area contributed by atoms with Crippen molar-refractivity contribution in [2.24, 2.45) is 11.3 Å². The van der Waals surface area contributed by atoms with Crippen molar-refractivity contribution in [3.8, 4) is 0 Å². The van der Waals surface area contributed by atoms with Crippen LogP contribution < -0.4 is 0 Å². The molecule has 106 valence electrons. The summed E-state index contributed by atoms with van der Waals surface area (Å²) in [7, 11) is 0. The number of hydrogen-bond donors (Lipinski definition) is 0. The van der Waals surface area contributed by atoms with Gasteiger partial charge in [-0.3, -0.25) is 4.90 Å². The summed E-state index contributed by atoms with van der Waals surface area (Å²) in [4.78, 5) is 2.53. The van der Waals surface area contributed by atoms with E-state index >= 15 is 0 Å². The molecule has 0 N–H and O–H groups in total. The van der Waals surface area contributed by atoms with Gasteiger partial charge in [-0.2, -0.15) is 0 Å². The van der Waals surface area contributed by atoms with E-state index in [4.69, 9.17) is 11.6 Å². The van der Waals surface area contributed by atoms with Crippen molar-refractivity contribution in [3.05, 3.63) is 33.3 Å². The van der Waals surface area contributed by atoms with Crippen LogP contribution in [0, 0.1) is 11.3 Å². The van der Waals surface area contributed by atoms with Crippen LogP contribution in [0.1, 0.15) is 39.2 Å². The van der Waals surface area contributed by atoms with E-state index in [9.17, 15) is 0 Å². The van der Waals surface area contributed by atoms with Gasteiger partial charge in [0.25, 0.3) is 0 Å². The zero-order valence-corrected chi connectivity index (χ0v) is 14.4. The molecule has 1 saturated heterocycles. The Balaban J connectivity index is 1.92. The van der Waals surface area contributed by atoms with Gasteiger partial charge in [0.15, 0.2) is 0 Å². The van der Waals surface area contributed by atoms with Gasteiger partial charge in [-0.05, 0) is 55.0 Å². The van der Waals surface area contributed by atoms with Gasteiger partial charge in [-0.25, -0.2) is 0 Å². The molecule has 0 saturated carbocycles. The van der Waals surface area contributed by atoms with E-state index < -0.39 is 0 Å². The van der Waals surface area contributed by atoms with E-state index in [-0.39, 0.29) is 0 Å². The first-order chi connectivity index (χ1) is 8.86. The maximum atomic E-state index is 6.29. The van der Waals surface area contributed by atoms with Crippen LogP contribution in [0.4, 0.5) is 0 Å². The number of halogens is 2. The fourth-order valence-electron chi connectivity index (χ4n) is 2.85. The topological polar surface area (TPSA) is 3.24 Å². The van der Waals surface area contributed by atoms with Crippen molar-refractivity contribution in [3.63, 3.8) is 0 Å². The minimum atomic E-state index is 0.446. The van der Waals surface area contributed by atoms with E-state index in [1.54, 1.807) is 0 Å². The molecular formula is C16H23BrClN. The Morgan fingerprint density at radius 2 is 1.89 bits per heavy atom. The Hall–Kier alpha value is -0.0500. The molecule has 0 atom stereocenters. The molecule has 2 rings (SSSR count). The largest absolute Gasteiger partial charge is 0.299 e. The molecule has 0 spiro atoms. The highest BCUT2D eigenvalue weighted by molar-refractivity contribution is 9.10. The zero-order chi connectivity index (χ0) is 14.0. The monoisotopic (exact) mass is 343 g/mol. The summed E-state index contributed by atoms with van der Waals surface area (Å²) < 4.78 is 1.05. The normalized spacial score (nSPS) is 18.8. The molecule has 1 aliphatic rings. The van der Waals surface area contributed by atoms with Crippen molar-refractivity contribution in [2.75, 3.05) is 13.1 Å². The van der Waals surface area contributed by atoms with E-state index in [1.165, 1.54) is 31.5 Å². The molecule has 3 heteroatoms. The second-order valence-corrected chi connectivity index (χ2v) is 7.98. The van der Waals surface area contributed by atoms with Crippen LogP contribution in [0.15, 0.2) is 22.7 Å². The fourth-order valence-corrected chi connectivity index (χ4v) is 3.58. The SMILES string of the molecule is CC(C)(C)C1CCN(Cc2ccc(Br)cc2Cl)CC1. The highest BCUT2D eigenvalue weighted by atomic mass is 79.9. The molecule has 0 radical (unpaired) electrons. The number of rotatable bonds is 2. The van der Waals surface area contributed by atoms with Crippen molar-refractivity contribution < 1.29 is 0 Å². The van der Waals surface area contributed by atoms with Crippen molar-refractivity contribution >= 4 is 27.5 Å². The Labute approximate surface area is 130 Å². The molecule has 0 aliphatic carbocycles. The van der Waals surface area contributed by atoms with Gasteiger partial charge in [0, 0.05) is 16.0 Å². The standard InChI is InChI=1S/C16H23BrClN/c1-16(2,3)13-6-8-19(9-7-13)11-12-4-5-14(17)10-15(12)18/h4-5,10,13H,6-9,11H2,1-3H3. The van der Waals surface area contributed by atoms with Gasteiger partial charge in [-0.1, -0.05) is 54.4 Å². The Bertz CT molecular complexity index is 431. The molecular weight excluding hydrogens is 322 g/mol. The average Bonchev–Trinajstić information content (AvgIpc) is 2.32. The first kappa shape index (κ1) is 15.3. The van der Waals surface area contributed by atoms with E-state index in [0.29, 0.717) is 5.41 Å². The Kier molecular flexibility index (Phi) is 4.97. The summed E-state index contributed by atoms with van der Waals surface area (Å²) in [5.41, 5.74) is 1.68. The first-order valence-corrected chi connectivity index (χ1v) is 8.19. The van der Waals surface area contributed by atoms with E-state index in [0.717, 1.165) is 22.0 Å². The summed E-state index contributed by atoms with van der Waals surface area (Å²) in [5, 5.41) is 0.868. The number of benzene rings is 1. The van der Waals surface area contributed by atoms with Gasteiger partial charge in [0.2, 0.25) is 0 Å². The summed E-state index contributed by atoms with van der Waals surface area (Å²) in [6.45, 7) is 10.4. The van der Waals surface area contributed by atoms with Gasteiger partial charge >= 0.3 is 0 Å². The average molecular weight is 345 g/mol. The van der Waals surface area contributed by atoms with E-state index in [2.05, 4.69) is 53.7 Å². The molecule has 19 heavy (non-hydrogen) atoms. The summed E-state index contributed by atoms with van der Waals surface area (Å²) in [5.74, 6) is 0.851. The van der Waals surface area contributed by atoms with Gasteiger partial charge in [0.1, 0.15) is 0 Å². The zero-order valence-electron chi connectivity index (χ0n) is 12.0. The summed E-state index contributed by atoms with van der Waals surface area (Å²) in [6.07, 6.45) is 2.61. The van der Waals surface area contributed by atoms with Crippen LogP contribution in [0.3, 0.4) is 0 Å². The number of likely N-dealkylation sites (tertiary alicyclic amines) is 1. The van der Waals surface area contributed by atoms with Crippen molar-refractivity contribution in [2.45, 2.75) is 40.2 Å². The maximum absolute atomic E-state index is 6.29. The molecule has 1 fully saturated rings.